The molecule has 0 aliphatic rings. The molecule has 0 bridgehead atoms. The lowest BCUT2D eigenvalue weighted by molar-refractivity contribution is -0.274. The zero-order chi connectivity index (χ0) is 25.4. The van der Waals surface area contributed by atoms with E-state index in [9.17, 15) is 27.9 Å². The second-order valence-electron chi connectivity index (χ2n) is 7.58. The molecule has 2 atom stereocenters. The molecule has 11 heteroatoms. The van der Waals surface area contributed by atoms with Crippen LogP contribution in [0.5, 0.6) is 11.5 Å². The van der Waals surface area contributed by atoms with Gasteiger partial charge in [-0.25, -0.2) is 4.79 Å². The van der Waals surface area contributed by atoms with Gasteiger partial charge in [-0.3, -0.25) is 4.79 Å². The zero-order valence-corrected chi connectivity index (χ0v) is 19.2. The zero-order valence-electron chi connectivity index (χ0n) is 17.7. The minimum absolute atomic E-state index is 0.0520. The number of ether oxygens (including phenoxy) is 1. The van der Waals surface area contributed by atoms with E-state index in [4.69, 9.17) is 33.0 Å². The molecule has 0 spiro atoms. The maximum Gasteiger partial charge on any atom is 0.422 e. The Hall–Kier alpha value is -3.01. The van der Waals surface area contributed by atoms with E-state index in [1.165, 1.54) is 43.3 Å². The number of benzene rings is 2. The number of alkyl halides is 3. The summed E-state index contributed by atoms with van der Waals surface area (Å²) in [5.74, 6) is -2.64. The smallest absolute Gasteiger partial charge is 0.422 e. The van der Waals surface area contributed by atoms with Gasteiger partial charge in [0.05, 0.1) is 10.6 Å². The van der Waals surface area contributed by atoms with Gasteiger partial charge in [0.15, 0.2) is 5.60 Å². The van der Waals surface area contributed by atoms with Crippen molar-refractivity contribution >= 4 is 29.2 Å². The van der Waals surface area contributed by atoms with Gasteiger partial charge >= 0.3 is 12.1 Å². The molecule has 0 fully saturated rings. The molecule has 0 aliphatic carbocycles. The molecule has 3 aromatic rings. The van der Waals surface area contributed by atoms with E-state index in [2.05, 4.69) is 4.98 Å². The number of hydrogen-bond acceptors (Lipinski definition) is 4. The normalized spacial score (nSPS) is 14.4. The van der Waals surface area contributed by atoms with Crippen LogP contribution in [0.15, 0.2) is 53.3 Å². The first-order chi connectivity index (χ1) is 15.8. The molecule has 6 nitrogen and oxygen atoms in total. The van der Waals surface area contributed by atoms with E-state index < -0.39 is 34.8 Å². The van der Waals surface area contributed by atoms with Crippen molar-refractivity contribution in [2.24, 2.45) is 0 Å². The van der Waals surface area contributed by atoms with Gasteiger partial charge in [-0.05, 0) is 48.9 Å². The van der Waals surface area contributed by atoms with Crippen LogP contribution in [0.1, 0.15) is 40.0 Å². The van der Waals surface area contributed by atoms with Crippen LogP contribution >= 0.6 is 23.2 Å². The van der Waals surface area contributed by atoms with Crippen LogP contribution < -0.4 is 10.3 Å². The highest BCUT2D eigenvalue weighted by molar-refractivity contribution is 6.33. The Bertz CT molecular complexity index is 1310. The van der Waals surface area contributed by atoms with Crippen LogP contribution in [0.4, 0.5) is 13.2 Å². The highest BCUT2D eigenvalue weighted by atomic mass is 35.5. The van der Waals surface area contributed by atoms with Crippen LogP contribution in [0.3, 0.4) is 0 Å². The summed E-state index contributed by atoms with van der Waals surface area (Å²) in [6.07, 6.45) is -5.13. The minimum Gasteiger partial charge on any atom is -0.478 e. The average Bonchev–Trinajstić information content (AvgIpc) is 2.73. The SMILES string of the molecule is Cc1[nH]c(=O)ccc1C(O)(C(C)c1cc(Oc2ccc(C(=O)O)c(Cl)c2)ccc1Cl)C(F)(F)F. The Morgan fingerprint density at radius 1 is 1.03 bits per heavy atom. The molecular formula is C23H18Cl2F3NO5. The third kappa shape index (κ3) is 4.77. The number of carbonyl (C=O) groups is 1. The van der Waals surface area contributed by atoms with Gasteiger partial charge in [-0.15, -0.1) is 0 Å². The first-order valence-corrected chi connectivity index (χ1v) is 10.5. The third-order valence-electron chi connectivity index (χ3n) is 5.43. The van der Waals surface area contributed by atoms with E-state index >= 15 is 0 Å². The van der Waals surface area contributed by atoms with Gasteiger partial charge in [0.25, 0.3) is 0 Å². The van der Waals surface area contributed by atoms with Crippen LogP contribution in [0.25, 0.3) is 0 Å². The second kappa shape index (κ2) is 9.32. The Kier molecular flexibility index (Phi) is 7.02. The number of pyridine rings is 1. The number of aromatic amines is 1. The maximum absolute atomic E-state index is 14.3. The van der Waals surface area contributed by atoms with Crippen molar-refractivity contribution in [2.45, 2.75) is 31.5 Å². The van der Waals surface area contributed by atoms with Crippen molar-refractivity contribution in [2.75, 3.05) is 0 Å². The van der Waals surface area contributed by atoms with Crippen LogP contribution in [0.2, 0.25) is 10.0 Å². The number of hydrogen-bond donors (Lipinski definition) is 3. The number of aromatic carboxylic acids is 1. The van der Waals surface area contributed by atoms with Crippen LogP contribution in [0, 0.1) is 6.92 Å². The molecule has 0 aliphatic heterocycles. The van der Waals surface area contributed by atoms with Crippen molar-refractivity contribution < 1.29 is 32.9 Å². The number of carboxylic acid groups (broad SMARTS) is 1. The van der Waals surface area contributed by atoms with E-state index in [1.54, 1.807) is 0 Å². The molecule has 3 N–H and O–H groups in total. The molecule has 2 unspecified atom stereocenters. The minimum atomic E-state index is -5.13. The van der Waals surface area contributed by atoms with Gasteiger partial charge in [-0.2, -0.15) is 13.2 Å². The van der Waals surface area contributed by atoms with E-state index in [0.29, 0.717) is 0 Å². The lowest BCUT2D eigenvalue weighted by atomic mass is 9.77. The molecule has 1 heterocycles. The summed E-state index contributed by atoms with van der Waals surface area (Å²) in [6, 6.07) is 9.59. The quantitative estimate of drug-likeness (QED) is 0.372. The van der Waals surface area contributed by atoms with Crippen molar-refractivity contribution in [3.63, 3.8) is 0 Å². The number of halogens is 5. The van der Waals surface area contributed by atoms with Gasteiger partial charge in [0.1, 0.15) is 11.5 Å². The van der Waals surface area contributed by atoms with Crippen LogP contribution in [-0.2, 0) is 5.60 Å². The third-order valence-corrected chi connectivity index (χ3v) is 6.08. The number of nitrogens with one attached hydrogen (secondary N) is 1. The predicted molar refractivity (Wildman–Crippen MR) is 120 cm³/mol. The number of H-pyrrole nitrogens is 1. The summed E-state index contributed by atoms with van der Waals surface area (Å²) >= 11 is 12.1. The van der Waals surface area contributed by atoms with Gasteiger partial charge in [-0.1, -0.05) is 30.1 Å². The Morgan fingerprint density at radius 2 is 1.65 bits per heavy atom. The Labute approximate surface area is 201 Å². The van der Waals surface area contributed by atoms with Crippen molar-refractivity contribution in [1.82, 2.24) is 4.98 Å². The fraction of sp³-hybridized carbons (Fsp3) is 0.217. The molecular weight excluding hydrogens is 498 g/mol. The topological polar surface area (TPSA) is 99.6 Å². The average molecular weight is 516 g/mol. The summed E-state index contributed by atoms with van der Waals surface area (Å²) in [4.78, 5) is 24.9. The van der Waals surface area contributed by atoms with Gasteiger partial charge in [0, 0.05) is 34.3 Å². The molecule has 2 aromatic carbocycles. The molecule has 3 rings (SSSR count). The number of rotatable bonds is 6. The number of aliphatic hydroxyl groups is 1. The summed E-state index contributed by atoms with van der Waals surface area (Å²) in [5, 5.41) is 19.9. The highest BCUT2D eigenvalue weighted by Gasteiger charge is 2.59. The van der Waals surface area contributed by atoms with Gasteiger partial charge in [0.2, 0.25) is 5.56 Å². The molecule has 0 radical (unpaired) electrons. The van der Waals surface area contributed by atoms with Crippen molar-refractivity contribution in [3.05, 3.63) is 91.3 Å². The monoisotopic (exact) mass is 515 g/mol. The standard InChI is InChI=1S/C23H18Cl2F3NO5/c1-11(22(33,23(26,27)28)17-6-8-20(30)29-12(17)2)16-9-13(4-7-18(16)24)34-14-3-5-15(21(31)32)19(25)10-14/h3-11,33H,1-2H3,(H,29,30)(H,31,32). The first kappa shape index (κ1) is 25.6. The summed E-state index contributed by atoms with van der Waals surface area (Å²) in [6.45, 7) is 2.41. The molecule has 180 valence electrons. The van der Waals surface area contributed by atoms with Crippen LogP contribution in [-0.4, -0.2) is 27.3 Å². The summed E-state index contributed by atoms with van der Waals surface area (Å²) in [7, 11) is 0. The fourth-order valence-corrected chi connectivity index (χ4v) is 4.17. The van der Waals surface area contributed by atoms with E-state index in [1.807, 2.05) is 0 Å². The van der Waals surface area contributed by atoms with Crippen molar-refractivity contribution in [3.8, 4) is 11.5 Å². The highest BCUT2D eigenvalue weighted by Crippen LogP contribution is 2.50. The predicted octanol–water partition coefficient (Wildman–Crippen LogP) is 6.03. The lowest BCUT2D eigenvalue weighted by Gasteiger charge is -2.37. The lowest BCUT2D eigenvalue weighted by Crippen LogP contribution is -2.47. The fourth-order valence-electron chi connectivity index (χ4n) is 3.63. The molecule has 1 aromatic heterocycles. The summed E-state index contributed by atoms with van der Waals surface area (Å²) in [5.41, 5.74) is -4.89. The number of carboxylic acids is 1. The van der Waals surface area contributed by atoms with Gasteiger partial charge < -0.3 is 19.9 Å². The molecule has 0 saturated carbocycles. The molecule has 34 heavy (non-hydrogen) atoms. The largest absolute Gasteiger partial charge is 0.478 e. The first-order valence-electron chi connectivity index (χ1n) is 9.75. The van der Waals surface area contributed by atoms with E-state index in [-0.39, 0.29) is 38.4 Å². The maximum atomic E-state index is 14.3. The second-order valence-corrected chi connectivity index (χ2v) is 8.39. The Balaban J connectivity index is 2.06. The number of aromatic nitrogens is 1. The van der Waals surface area contributed by atoms with E-state index in [0.717, 1.165) is 19.1 Å². The number of aryl methyl sites for hydroxylation is 1. The molecule has 0 amide bonds. The molecule has 0 saturated heterocycles. The van der Waals surface area contributed by atoms with Crippen molar-refractivity contribution in [1.29, 1.82) is 0 Å². The Morgan fingerprint density at radius 3 is 2.21 bits per heavy atom. The summed E-state index contributed by atoms with van der Waals surface area (Å²) < 4.78 is 48.4.